The van der Waals surface area contributed by atoms with Gasteiger partial charge in [-0.2, -0.15) is 0 Å². The number of thiocarbonyl (C=S) groups is 1. The molecule has 0 bridgehead atoms. The predicted molar refractivity (Wildman–Crippen MR) is 129 cm³/mol. The number of hydrogen-bond donors (Lipinski definition) is 2. The zero-order chi connectivity index (χ0) is 21.0. The van der Waals surface area contributed by atoms with Crippen molar-refractivity contribution in [1.82, 2.24) is 5.32 Å². The number of ether oxygens (including phenoxy) is 1. The summed E-state index contributed by atoms with van der Waals surface area (Å²) in [5, 5.41) is 6.00. The lowest BCUT2D eigenvalue weighted by Gasteiger charge is -2.35. The Morgan fingerprint density at radius 1 is 1.21 bits per heavy atom. The number of anilines is 2. The minimum atomic E-state index is -0.347. The van der Waals surface area contributed by atoms with E-state index >= 15 is 0 Å². The van der Waals surface area contributed by atoms with Crippen molar-refractivity contribution in [2.75, 3.05) is 23.9 Å². The number of carbonyl (C=O) groups excluding carboxylic acids is 1. The van der Waals surface area contributed by atoms with Crippen LogP contribution < -0.4 is 20.3 Å². The first-order chi connectivity index (χ1) is 13.9. The van der Waals surface area contributed by atoms with E-state index < -0.39 is 0 Å². The highest BCUT2D eigenvalue weighted by atomic mass is 79.9. The van der Waals surface area contributed by atoms with Crippen LogP contribution >= 0.6 is 44.1 Å². The SMILES string of the molecule is COc1c(Br)cc(Br)cc1C(=O)NC(=S)Nc1ccc(N2CCCC[C@@H]2C)cc1. The molecule has 1 fully saturated rings. The van der Waals surface area contributed by atoms with Crippen molar-refractivity contribution < 1.29 is 9.53 Å². The van der Waals surface area contributed by atoms with Crippen LogP contribution in [0.15, 0.2) is 45.3 Å². The second-order valence-corrected chi connectivity index (χ2v) is 9.14. The molecule has 5 nitrogen and oxygen atoms in total. The van der Waals surface area contributed by atoms with Crippen LogP contribution in [0.4, 0.5) is 11.4 Å². The molecule has 1 saturated heterocycles. The van der Waals surface area contributed by atoms with E-state index in [1.54, 1.807) is 6.07 Å². The molecule has 2 N–H and O–H groups in total. The molecule has 154 valence electrons. The summed E-state index contributed by atoms with van der Waals surface area (Å²) in [6, 6.07) is 12.2. The minimum absolute atomic E-state index is 0.229. The van der Waals surface area contributed by atoms with Crippen LogP contribution in [0.5, 0.6) is 5.75 Å². The number of hydrogen-bond acceptors (Lipinski definition) is 4. The summed E-state index contributed by atoms with van der Waals surface area (Å²) < 4.78 is 6.78. The molecule has 0 spiro atoms. The maximum atomic E-state index is 12.7. The standard InChI is InChI=1S/C21H23Br2N3O2S/c1-13-5-3-4-10-26(13)16-8-6-15(7-9-16)24-21(29)25-20(27)17-11-14(22)12-18(23)19(17)28-2/h6-9,11-13H,3-5,10H2,1-2H3,(H2,24,25,27,29)/t13-/m0/s1. The van der Waals surface area contributed by atoms with Gasteiger partial charge in [0, 0.05) is 28.4 Å². The van der Waals surface area contributed by atoms with Gasteiger partial charge in [0.15, 0.2) is 5.11 Å². The van der Waals surface area contributed by atoms with Crippen molar-refractivity contribution in [1.29, 1.82) is 0 Å². The Kier molecular flexibility index (Phi) is 7.54. The van der Waals surface area contributed by atoms with Gasteiger partial charge < -0.3 is 15.0 Å². The molecule has 0 unspecified atom stereocenters. The van der Waals surface area contributed by atoms with Gasteiger partial charge >= 0.3 is 0 Å². The van der Waals surface area contributed by atoms with E-state index in [2.05, 4.69) is 66.4 Å². The molecule has 0 radical (unpaired) electrons. The topological polar surface area (TPSA) is 53.6 Å². The Balaban J connectivity index is 1.64. The lowest BCUT2D eigenvalue weighted by Crippen LogP contribution is -2.37. The number of halogens is 2. The maximum Gasteiger partial charge on any atom is 0.261 e. The van der Waals surface area contributed by atoms with Crippen LogP contribution in [0.1, 0.15) is 36.5 Å². The largest absolute Gasteiger partial charge is 0.495 e. The number of nitrogens with zero attached hydrogens (tertiary/aromatic N) is 1. The zero-order valence-electron chi connectivity index (χ0n) is 16.3. The van der Waals surface area contributed by atoms with Crippen LogP contribution in [-0.2, 0) is 0 Å². The van der Waals surface area contributed by atoms with Gasteiger partial charge in [-0.05, 0) is 90.7 Å². The third-order valence-corrected chi connectivity index (χ3v) is 6.19. The van der Waals surface area contributed by atoms with Crippen molar-refractivity contribution in [2.45, 2.75) is 32.2 Å². The van der Waals surface area contributed by atoms with E-state index in [1.165, 1.54) is 32.1 Å². The Morgan fingerprint density at radius 3 is 2.59 bits per heavy atom. The van der Waals surface area contributed by atoms with E-state index in [4.69, 9.17) is 17.0 Å². The fourth-order valence-corrected chi connectivity index (χ4v) is 5.08. The highest BCUT2D eigenvalue weighted by Crippen LogP contribution is 2.32. The first-order valence-corrected chi connectivity index (χ1v) is 11.4. The Bertz CT molecular complexity index is 906. The highest BCUT2D eigenvalue weighted by molar-refractivity contribution is 9.11. The lowest BCUT2D eigenvalue weighted by molar-refractivity contribution is 0.0974. The van der Waals surface area contributed by atoms with Gasteiger partial charge in [0.2, 0.25) is 0 Å². The van der Waals surface area contributed by atoms with E-state index in [1.807, 2.05) is 18.2 Å². The summed E-state index contributed by atoms with van der Waals surface area (Å²) in [4.78, 5) is 15.1. The number of nitrogens with one attached hydrogen (secondary N) is 2. The Labute approximate surface area is 193 Å². The number of rotatable bonds is 4. The fraction of sp³-hybridized carbons (Fsp3) is 0.333. The van der Waals surface area contributed by atoms with Crippen LogP contribution in [0.2, 0.25) is 0 Å². The molecule has 1 aliphatic heterocycles. The molecule has 0 aromatic heterocycles. The number of piperidine rings is 1. The second-order valence-electron chi connectivity index (χ2n) is 6.96. The minimum Gasteiger partial charge on any atom is -0.495 e. The number of carbonyl (C=O) groups is 1. The van der Waals surface area contributed by atoms with E-state index in [0.717, 1.165) is 16.7 Å². The van der Waals surface area contributed by atoms with Crippen LogP contribution in [0.25, 0.3) is 0 Å². The van der Waals surface area contributed by atoms with Crippen molar-refractivity contribution in [3.05, 3.63) is 50.9 Å². The summed E-state index contributed by atoms with van der Waals surface area (Å²) >= 11 is 12.1. The molecular formula is C21H23Br2N3O2S. The number of methoxy groups -OCH3 is 1. The van der Waals surface area contributed by atoms with Gasteiger partial charge in [0.1, 0.15) is 5.75 Å². The van der Waals surface area contributed by atoms with Crippen LogP contribution in [0, 0.1) is 0 Å². The molecule has 2 aromatic rings. The second kappa shape index (κ2) is 9.91. The summed E-state index contributed by atoms with van der Waals surface area (Å²) in [5.74, 6) is 0.105. The average molecular weight is 541 g/mol. The van der Waals surface area contributed by atoms with Crippen molar-refractivity contribution in [2.24, 2.45) is 0 Å². The zero-order valence-corrected chi connectivity index (χ0v) is 20.3. The van der Waals surface area contributed by atoms with Gasteiger partial charge in [-0.25, -0.2) is 0 Å². The summed E-state index contributed by atoms with van der Waals surface area (Å²) in [7, 11) is 1.52. The van der Waals surface area contributed by atoms with E-state index in [0.29, 0.717) is 21.8 Å². The summed E-state index contributed by atoms with van der Waals surface area (Å²) in [5.41, 5.74) is 2.42. The van der Waals surface area contributed by atoms with Gasteiger partial charge in [-0.3, -0.25) is 10.1 Å². The van der Waals surface area contributed by atoms with Crippen LogP contribution in [-0.4, -0.2) is 30.7 Å². The van der Waals surface area contributed by atoms with Crippen molar-refractivity contribution in [3.63, 3.8) is 0 Å². The predicted octanol–water partition coefficient (Wildman–Crippen LogP) is 5.73. The molecule has 0 saturated carbocycles. The highest BCUT2D eigenvalue weighted by Gasteiger charge is 2.19. The van der Waals surface area contributed by atoms with Crippen molar-refractivity contribution >= 4 is 66.5 Å². The van der Waals surface area contributed by atoms with E-state index in [-0.39, 0.29) is 11.0 Å². The summed E-state index contributed by atoms with van der Waals surface area (Å²) in [6.07, 6.45) is 3.76. The van der Waals surface area contributed by atoms with Gasteiger partial charge in [0.25, 0.3) is 5.91 Å². The van der Waals surface area contributed by atoms with E-state index in [9.17, 15) is 4.79 Å². The normalized spacial score (nSPS) is 16.3. The molecule has 29 heavy (non-hydrogen) atoms. The average Bonchev–Trinajstić information content (AvgIpc) is 2.68. The third-order valence-electron chi connectivity index (χ3n) is 4.94. The quantitative estimate of drug-likeness (QED) is 0.485. The molecule has 3 rings (SSSR count). The molecule has 1 atom stereocenters. The number of benzene rings is 2. The van der Waals surface area contributed by atoms with Gasteiger partial charge in [-0.15, -0.1) is 0 Å². The molecule has 1 aliphatic rings. The lowest BCUT2D eigenvalue weighted by atomic mass is 10.0. The Morgan fingerprint density at radius 2 is 1.93 bits per heavy atom. The maximum absolute atomic E-state index is 12.7. The first kappa shape index (κ1) is 22.1. The molecule has 0 aliphatic carbocycles. The molecular weight excluding hydrogens is 518 g/mol. The van der Waals surface area contributed by atoms with Crippen LogP contribution in [0.3, 0.4) is 0 Å². The van der Waals surface area contributed by atoms with Crippen molar-refractivity contribution in [3.8, 4) is 5.75 Å². The molecule has 2 aromatic carbocycles. The fourth-order valence-electron chi connectivity index (χ4n) is 3.49. The molecule has 1 heterocycles. The summed E-state index contributed by atoms with van der Waals surface area (Å²) in [6.45, 7) is 3.36. The smallest absolute Gasteiger partial charge is 0.261 e. The molecule has 1 amide bonds. The molecule has 8 heteroatoms. The third kappa shape index (κ3) is 5.49. The van der Waals surface area contributed by atoms with Gasteiger partial charge in [-0.1, -0.05) is 15.9 Å². The van der Waals surface area contributed by atoms with Gasteiger partial charge in [0.05, 0.1) is 17.1 Å². The Hall–Kier alpha value is -1.64. The first-order valence-electron chi connectivity index (χ1n) is 9.41. The monoisotopic (exact) mass is 539 g/mol. The number of amides is 1.